The van der Waals surface area contributed by atoms with Gasteiger partial charge >= 0.3 is 0 Å². The smallest absolute Gasteiger partial charge is 0.231 e. The van der Waals surface area contributed by atoms with E-state index in [1.54, 1.807) is 19.2 Å². The van der Waals surface area contributed by atoms with E-state index in [1.807, 2.05) is 6.07 Å². The molecule has 0 saturated carbocycles. The van der Waals surface area contributed by atoms with Gasteiger partial charge < -0.3 is 28.5 Å². The molecule has 2 aliphatic heterocycles. The molecular weight excluding hydrogens is 374 g/mol. The second-order valence-electron chi connectivity index (χ2n) is 7.99. The number of hydrogen-bond donors (Lipinski definition) is 1. The number of hydrogen-bond acceptors (Lipinski definition) is 6. The standard InChI is InChI=1S/C22H25NO6/c1-23(2)8-7-13-9-19-21(29-12-28-19)22(27-4)20(13)16(23)11-18(25)15-6-5-14(26-3)10-17(15)24/h5-6,9-10,16H,7-8,11-12H2,1-4H3/p+1. The lowest BCUT2D eigenvalue weighted by Gasteiger charge is -2.43. The number of methoxy groups -OCH3 is 2. The topological polar surface area (TPSA) is 74.2 Å². The van der Waals surface area contributed by atoms with Gasteiger partial charge in [-0.3, -0.25) is 4.79 Å². The normalized spacial score (nSPS) is 18.8. The number of aromatic hydroxyl groups is 1. The van der Waals surface area contributed by atoms with Crippen LogP contribution in [0.15, 0.2) is 24.3 Å². The number of Topliss-reactive ketones (excluding diaryl/α,β-unsaturated/α-hetero) is 1. The van der Waals surface area contributed by atoms with Crippen LogP contribution in [0.3, 0.4) is 0 Å². The largest absolute Gasteiger partial charge is 0.507 e. The molecule has 2 aromatic rings. The Morgan fingerprint density at radius 3 is 2.69 bits per heavy atom. The van der Waals surface area contributed by atoms with Gasteiger partial charge in [0.15, 0.2) is 17.3 Å². The highest BCUT2D eigenvalue weighted by Crippen LogP contribution is 2.51. The number of fused-ring (bicyclic) bond motifs is 2. The molecule has 0 fully saturated rings. The molecule has 0 radical (unpaired) electrons. The maximum atomic E-state index is 13.2. The number of carbonyl (C=O) groups excluding carboxylic acids is 1. The van der Waals surface area contributed by atoms with Crippen molar-refractivity contribution >= 4 is 5.78 Å². The van der Waals surface area contributed by atoms with Crippen LogP contribution in [-0.2, 0) is 6.42 Å². The van der Waals surface area contributed by atoms with Crippen molar-refractivity contribution < 1.29 is 33.3 Å². The zero-order valence-electron chi connectivity index (χ0n) is 17.2. The molecule has 4 rings (SSSR count). The van der Waals surface area contributed by atoms with E-state index in [0.29, 0.717) is 27.5 Å². The summed E-state index contributed by atoms with van der Waals surface area (Å²) in [6, 6.07) is 6.61. The number of nitrogens with zero attached hydrogens (tertiary/aromatic N) is 1. The van der Waals surface area contributed by atoms with Crippen LogP contribution in [0, 0.1) is 0 Å². The lowest BCUT2D eigenvalue weighted by Crippen LogP contribution is -2.48. The van der Waals surface area contributed by atoms with Crippen molar-refractivity contribution in [2.75, 3.05) is 41.7 Å². The van der Waals surface area contributed by atoms with Gasteiger partial charge in [-0.25, -0.2) is 0 Å². The predicted molar refractivity (Wildman–Crippen MR) is 106 cm³/mol. The van der Waals surface area contributed by atoms with Gasteiger partial charge in [0.25, 0.3) is 0 Å². The fourth-order valence-corrected chi connectivity index (χ4v) is 4.28. The van der Waals surface area contributed by atoms with Gasteiger partial charge in [0.1, 0.15) is 17.5 Å². The monoisotopic (exact) mass is 400 g/mol. The number of ether oxygens (including phenoxy) is 4. The highest BCUT2D eigenvalue weighted by molar-refractivity contribution is 5.99. The molecule has 0 amide bonds. The Balaban J connectivity index is 1.75. The highest BCUT2D eigenvalue weighted by Gasteiger charge is 2.42. The average Bonchev–Trinajstić information content (AvgIpc) is 3.16. The Bertz CT molecular complexity index is 968. The molecule has 7 heteroatoms. The molecule has 0 bridgehead atoms. The molecule has 154 valence electrons. The lowest BCUT2D eigenvalue weighted by molar-refractivity contribution is -0.922. The van der Waals surface area contributed by atoms with E-state index in [9.17, 15) is 9.90 Å². The van der Waals surface area contributed by atoms with Gasteiger partial charge in [-0.1, -0.05) is 0 Å². The molecule has 1 atom stereocenters. The Morgan fingerprint density at radius 2 is 2.00 bits per heavy atom. The van der Waals surface area contributed by atoms with Gasteiger partial charge in [0.05, 0.1) is 52.4 Å². The van der Waals surface area contributed by atoms with Gasteiger partial charge in [0, 0.05) is 12.5 Å². The molecular formula is C22H26NO6+. The SMILES string of the molecule is COc1ccc(C(=O)CC2c3c(cc4c(c3OC)OCO4)CC[N+]2(C)C)c(O)c1. The molecule has 7 nitrogen and oxygen atoms in total. The van der Waals surface area contributed by atoms with E-state index in [4.69, 9.17) is 18.9 Å². The minimum Gasteiger partial charge on any atom is -0.507 e. The van der Waals surface area contributed by atoms with Crippen molar-refractivity contribution in [3.05, 3.63) is 41.0 Å². The fourth-order valence-electron chi connectivity index (χ4n) is 4.28. The first kappa shape index (κ1) is 19.4. The Morgan fingerprint density at radius 1 is 1.21 bits per heavy atom. The number of ketones is 1. The first-order valence-corrected chi connectivity index (χ1v) is 9.58. The quantitative estimate of drug-likeness (QED) is 0.614. The van der Waals surface area contributed by atoms with Crippen molar-refractivity contribution in [1.82, 2.24) is 0 Å². The molecule has 0 aliphatic carbocycles. The van der Waals surface area contributed by atoms with Crippen LogP contribution in [-0.4, -0.2) is 57.0 Å². The molecule has 1 unspecified atom stereocenters. The molecule has 2 aliphatic rings. The number of likely N-dealkylation sites (N-methyl/N-ethyl adjacent to an activating group) is 1. The average molecular weight is 400 g/mol. The number of quaternary nitrogens is 1. The highest BCUT2D eigenvalue weighted by atomic mass is 16.7. The van der Waals surface area contributed by atoms with E-state index in [-0.39, 0.29) is 36.4 Å². The summed E-state index contributed by atoms with van der Waals surface area (Å²) in [7, 11) is 7.35. The third-order valence-corrected chi connectivity index (χ3v) is 5.97. The van der Waals surface area contributed by atoms with Crippen molar-refractivity contribution in [3.8, 4) is 28.7 Å². The first-order chi connectivity index (χ1) is 13.9. The van der Waals surface area contributed by atoms with E-state index in [1.165, 1.54) is 13.2 Å². The third kappa shape index (κ3) is 3.25. The maximum Gasteiger partial charge on any atom is 0.231 e. The summed E-state index contributed by atoms with van der Waals surface area (Å²) >= 11 is 0. The van der Waals surface area contributed by atoms with Gasteiger partial charge in [-0.2, -0.15) is 0 Å². The van der Waals surface area contributed by atoms with Crippen LogP contribution in [0.1, 0.15) is 33.9 Å². The molecule has 2 aromatic carbocycles. The van der Waals surface area contributed by atoms with Gasteiger partial charge in [-0.05, 0) is 23.8 Å². The van der Waals surface area contributed by atoms with Crippen LogP contribution in [0.4, 0.5) is 0 Å². The Hall–Kier alpha value is -2.93. The number of phenolic OH excluding ortho intramolecular Hbond substituents is 1. The van der Waals surface area contributed by atoms with Crippen LogP contribution in [0.5, 0.6) is 28.7 Å². The Kier molecular flexibility index (Phi) is 4.78. The van der Waals surface area contributed by atoms with Crippen LogP contribution >= 0.6 is 0 Å². The zero-order chi connectivity index (χ0) is 20.8. The molecule has 29 heavy (non-hydrogen) atoms. The summed E-state index contributed by atoms with van der Waals surface area (Å²) in [6.07, 6.45) is 1.09. The number of rotatable bonds is 5. The third-order valence-electron chi connectivity index (χ3n) is 5.97. The molecule has 0 saturated heterocycles. The first-order valence-electron chi connectivity index (χ1n) is 9.58. The summed E-state index contributed by atoms with van der Waals surface area (Å²) in [5.41, 5.74) is 2.38. The summed E-state index contributed by atoms with van der Waals surface area (Å²) < 4.78 is 22.7. The van der Waals surface area contributed by atoms with E-state index in [2.05, 4.69) is 14.1 Å². The van der Waals surface area contributed by atoms with Crippen LogP contribution in [0.25, 0.3) is 0 Å². The zero-order valence-corrected chi connectivity index (χ0v) is 17.2. The second-order valence-corrected chi connectivity index (χ2v) is 7.99. The second kappa shape index (κ2) is 7.15. The summed E-state index contributed by atoms with van der Waals surface area (Å²) in [4.78, 5) is 13.2. The summed E-state index contributed by atoms with van der Waals surface area (Å²) in [5, 5.41) is 10.3. The maximum absolute atomic E-state index is 13.2. The Labute approximate surface area is 170 Å². The van der Waals surface area contributed by atoms with Crippen molar-refractivity contribution in [2.45, 2.75) is 18.9 Å². The lowest BCUT2D eigenvalue weighted by atomic mass is 9.85. The van der Waals surface area contributed by atoms with E-state index >= 15 is 0 Å². The minimum atomic E-state index is -0.141. The molecule has 1 N–H and O–H groups in total. The predicted octanol–water partition coefficient (Wildman–Crippen LogP) is 3.08. The van der Waals surface area contributed by atoms with Crippen molar-refractivity contribution in [3.63, 3.8) is 0 Å². The van der Waals surface area contributed by atoms with Gasteiger partial charge in [-0.15, -0.1) is 0 Å². The van der Waals surface area contributed by atoms with Crippen LogP contribution < -0.4 is 18.9 Å². The number of carbonyl (C=O) groups is 1. The number of phenols is 1. The molecule has 2 heterocycles. The molecule has 0 aromatic heterocycles. The van der Waals surface area contributed by atoms with E-state index < -0.39 is 0 Å². The van der Waals surface area contributed by atoms with Crippen molar-refractivity contribution in [2.24, 2.45) is 0 Å². The van der Waals surface area contributed by atoms with Crippen molar-refractivity contribution in [1.29, 1.82) is 0 Å². The minimum absolute atomic E-state index is 0.0756. The van der Waals surface area contributed by atoms with Gasteiger partial charge in [0.2, 0.25) is 12.5 Å². The number of benzene rings is 2. The fraction of sp³-hybridized carbons (Fsp3) is 0.409. The van der Waals surface area contributed by atoms with Crippen LogP contribution in [0.2, 0.25) is 0 Å². The summed E-state index contributed by atoms with van der Waals surface area (Å²) in [5.74, 6) is 2.22. The molecule has 0 spiro atoms. The summed E-state index contributed by atoms with van der Waals surface area (Å²) in [6.45, 7) is 1.04. The van der Waals surface area contributed by atoms with E-state index in [0.717, 1.165) is 24.1 Å².